The minimum Gasteiger partial charge on any atom is -0.390 e. The van der Waals surface area contributed by atoms with E-state index < -0.39 is 156 Å². The Morgan fingerprint density at radius 2 is 0.951 bits per heavy atom. The molecule has 23 nitrogen and oxygen atoms in total. The number of likely N-dealkylation sites (N-methyl/N-ethyl adjacent to an activating group) is 7. The highest BCUT2D eigenvalue weighted by molar-refractivity contribution is 5.99. The molecule has 11 atom stereocenters. The number of hydrogen-bond acceptors (Lipinski definition) is 12. The molecule has 0 bridgehead atoms. The topological polar surface area (TPSA) is 279 Å². The number of nitrogens with one attached hydrogen (secondary N) is 4. The molecule has 11 amide bonds. The quantitative estimate of drug-likeness (QED) is 0.165. The van der Waals surface area contributed by atoms with Gasteiger partial charge in [-0.15, -0.1) is 0 Å². The van der Waals surface area contributed by atoms with Crippen molar-refractivity contribution in [3.05, 3.63) is 12.2 Å². The fourth-order valence-electron chi connectivity index (χ4n) is 9.90. The van der Waals surface area contributed by atoms with Gasteiger partial charge in [0.15, 0.2) is 0 Å². The lowest BCUT2D eigenvalue weighted by molar-refractivity contribution is -0.157. The molecule has 1 heterocycles. The number of hydrogen-bond donors (Lipinski definition) is 5. The molecule has 23 heteroatoms. The normalized spacial score (nSPS) is 26.6. The van der Waals surface area contributed by atoms with Gasteiger partial charge in [-0.2, -0.15) is 0 Å². The second-order valence-electron chi connectivity index (χ2n) is 24.3. The fourth-order valence-corrected chi connectivity index (χ4v) is 9.90. The molecule has 0 aromatic rings. The van der Waals surface area contributed by atoms with Crippen molar-refractivity contribution in [3.63, 3.8) is 0 Å². The zero-order valence-corrected chi connectivity index (χ0v) is 52.9. The van der Waals surface area contributed by atoms with Crippen LogP contribution in [0.2, 0.25) is 0 Å². The van der Waals surface area contributed by atoms with E-state index in [0.29, 0.717) is 6.42 Å². The van der Waals surface area contributed by atoms with E-state index >= 15 is 9.59 Å². The van der Waals surface area contributed by atoms with Gasteiger partial charge < -0.3 is 60.7 Å². The van der Waals surface area contributed by atoms with Crippen LogP contribution in [-0.2, 0) is 52.7 Å². The van der Waals surface area contributed by atoms with Gasteiger partial charge in [0, 0.05) is 49.3 Å². The van der Waals surface area contributed by atoms with Crippen molar-refractivity contribution in [3.8, 4) is 0 Å². The largest absolute Gasteiger partial charge is 0.390 e. The Morgan fingerprint density at radius 1 is 0.494 bits per heavy atom. The molecule has 0 radical (unpaired) electrons. The summed E-state index contributed by atoms with van der Waals surface area (Å²) in [5.41, 5.74) is 0. The number of amides is 11. The molecule has 1 rings (SSSR count). The Hall–Kier alpha value is -6.13. The van der Waals surface area contributed by atoms with Crippen molar-refractivity contribution in [2.75, 3.05) is 62.4 Å². The summed E-state index contributed by atoms with van der Waals surface area (Å²) < 4.78 is 0. The van der Waals surface area contributed by atoms with Crippen LogP contribution in [0.4, 0.5) is 0 Å². The summed E-state index contributed by atoms with van der Waals surface area (Å²) in [7, 11) is 9.77. The number of carbonyl (C=O) groups excluding carboxylic acids is 11. The van der Waals surface area contributed by atoms with Gasteiger partial charge >= 0.3 is 0 Å². The fraction of sp³-hybridized carbons (Fsp3) is 0.776. The first kappa shape index (κ1) is 72.9. The molecule has 462 valence electrons. The van der Waals surface area contributed by atoms with Crippen LogP contribution in [0, 0.1) is 35.5 Å². The lowest BCUT2D eigenvalue weighted by atomic mass is 9.91. The maximum atomic E-state index is 15.0. The van der Waals surface area contributed by atoms with E-state index in [1.54, 1.807) is 60.6 Å². The van der Waals surface area contributed by atoms with E-state index in [2.05, 4.69) is 21.3 Å². The highest BCUT2D eigenvalue weighted by Crippen LogP contribution is 2.25. The van der Waals surface area contributed by atoms with Gasteiger partial charge in [0.2, 0.25) is 65.0 Å². The Bertz CT molecular complexity index is 2220. The molecular weight excluding hydrogens is 1040 g/mol. The summed E-state index contributed by atoms with van der Waals surface area (Å²) in [5, 5.41) is 22.7. The van der Waals surface area contributed by atoms with Crippen LogP contribution in [0.5, 0.6) is 0 Å². The summed E-state index contributed by atoms with van der Waals surface area (Å²) in [6.07, 6.45) is 2.90. The number of allylic oxidation sites excluding steroid dienone is 2. The predicted molar refractivity (Wildman–Crippen MR) is 310 cm³/mol. The minimum atomic E-state index is -1.60. The summed E-state index contributed by atoms with van der Waals surface area (Å²) >= 11 is 0. The van der Waals surface area contributed by atoms with E-state index in [1.165, 1.54) is 82.8 Å². The lowest BCUT2D eigenvalue weighted by Gasteiger charge is -2.41. The molecule has 81 heavy (non-hydrogen) atoms. The zero-order valence-electron chi connectivity index (χ0n) is 52.9. The van der Waals surface area contributed by atoms with E-state index in [9.17, 15) is 48.3 Å². The summed E-state index contributed by atoms with van der Waals surface area (Å²) in [6, 6.07) is -11.1. The molecular formula is C58H103N11O12. The van der Waals surface area contributed by atoms with Gasteiger partial charge in [-0.3, -0.25) is 52.7 Å². The minimum absolute atomic E-state index is 0.0269. The monoisotopic (exact) mass is 1150 g/mol. The average molecular weight is 1150 g/mol. The molecule has 0 unspecified atom stereocenters. The van der Waals surface area contributed by atoms with Gasteiger partial charge in [-0.1, -0.05) is 95.2 Å². The Balaban J connectivity index is 4.19. The van der Waals surface area contributed by atoms with Crippen LogP contribution in [0.3, 0.4) is 0 Å². The van der Waals surface area contributed by atoms with Crippen LogP contribution in [0.25, 0.3) is 0 Å². The summed E-state index contributed by atoms with van der Waals surface area (Å²) in [6.45, 7) is 25.0. The van der Waals surface area contributed by atoms with E-state index in [4.69, 9.17) is 0 Å². The number of aliphatic hydroxyl groups excluding tert-OH is 1. The summed E-state index contributed by atoms with van der Waals surface area (Å²) in [5.74, 6) is -9.63. The van der Waals surface area contributed by atoms with Crippen molar-refractivity contribution < 1.29 is 57.8 Å². The number of nitrogens with zero attached hydrogens (tertiary/aromatic N) is 7. The maximum Gasteiger partial charge on any atom is 0.246 e. The predicted octanol–water partition coefficient (Wildman–Crippen LogP) is 1.85. The SMILES string of the molecule is C/C=C/C[C@@H](C)[C@@H](O)[C@H]1C(=O)N[C@@H](CC)C(=O)N(C)CC(=O)N(C)CC(=O)N[C@@H](C(C)C)C(=O)N(C)[C@@H](CC(C)C)C(=O)N[C@@H](C)C(=O)N[C@H](C)C(=O)N(C)[C@@H](CC(C)C)C(=O)N(C)[C@@H](CC(C)C)C(=O)N(C)[C@@H](C(C)C)C(=O)N1C. The molecule has 0 aliphatic carbocycles. The van der Waals surface area contributed by atoms with Crippen LogP contribution in [0.1, 0.15) is 136 Å². The highest BCUT2D eigenvalue weighted by Gasteiger charge is 2.45. The van der Waals surface area contributed by atoms with Crippen molar-refractivity contribution in [1.82, 2.24) is 55.6 Å². The van der Waals surface area contributed by atoms with E-state index in [0.717, 1.165) is 14.7 Å². The molecule has 0 aromatic heterocycles. The van der Waals surface area contributed by atoms with Crippen LogP contribution < -0.4 is 21.3 Å². The number of carbonyl (C=O) groups is 11. The second kappa shape index (κ2) is 33.1. The number of aliphatic hydroxyl groups is 1. The summed E-state index contributed by atoms with van der Waals surface area (Å²) in [4.78, 5) is 166. The molecule has 1 aliphatic rings. The van der Waals surface area contributed by atoms with Crippen molar-refractivity contribution in [2.24, 2.45) is 35.5 Å². The van der Waals surface area contributed by atoms with Gasteiger partial charge in [-0.05, 0) is 88.4 Å². The van der Waals surface area contributed by atoms with Crippen molar-refractivity contribution in [2.45, 2.75) is 196 Å². The van der Waals surface area contributed by atoms with Crippen molar-refractivity contribution >= 4 is 65.0 Å². The third-order valence-corrected chi connectivity index (χ3v) is 15.0. The Kier molecular flexibility index (Phi) is 29.8. The first-order chi connectivity index (χ1) is 37.4. The second-order valence-corrected chi connectivity index (χ2v) is 24.3. The van der Waals surface area contributed by atoms with Gasteiger partial charge in [-0.25, -0.2) is 0 Å². The van der Waals surface area contributed by atoms with Gasteiger partial charge in [0.1, 0.15) is 54.4 Å². The van der Waals surface area contributed by atoms with Gasteiger partial charge in [0.05, 0.1) is 19.2 Å². The maximum absolute atomic E-state index is 15.0. The standard InChI is InChI=1S/C58H103N11O12/c1-23-25-26-37(13)49(72)48-52(75)61-40(24-2)54(77)64(17)31-45(71)63(16)30-44(70)62-46(35(9)10)57(80)65(18)41(27-32(3)4)51(74)59-38(14)50(73)60-39(15)53(76)66(19)42(28-33(5)6)55(78)67(20)43(29-34(7)8)56(79)68(21)47(36(11)12)58(81)69(48)22/h23,25,32-43,46-49,72H,24,26-31H2,1-22H3,(H,59,74)(H,60,73)(H,61,75)(H,62,70)/b25-23+/t37-,38+,39-,40+,41+,42+,43+,46+,47+,48+,49-/m1/s1. The molecule has 0 saturated carbocycles. The average Bonchev–Trinajstić information content (AvgIpc) is 3.51. The van der Waals surface area contributed by atoms with Crippen LogP contribution in [0.15, 0.2) is 12.2 Å². The molecule has 0 spiro atoms. The van der Waals surface area contributed by atoms with Crippen LogP contribution >= 0.6 is 0 Å². The molecule has 1 fully saturated rings. The van der Waals surface area contributed by atoms with E-state index in [-0.39, 0.29) is 43.4 Å². The van der Waals surface area contributed by atoms with Crippen LogP contribution in [-0.4, -0.2) is 227 Å². The first-order valence-corrected chi connectivity index (χ1v) is 28.7. The highest BCUT2D eigenvalue weighted by atomic mass is 16.3. The van der Waals surface area contributed by atoms with E-state index in [1.807, 2.05) is 41.5 Å². The Labute approximate surface area is 483 Å². The first-order valence-electron chi connectivity index (χ1n) is 28.7. The molecule has 0 aromatic carbocycles. The third kappa shape index (κ3) is 20.7. The molecule has 1 aliphatic heterocycles. The Morgan fingerprint density at radius 3 is 1.42 bits per heavy atom. The smallest absolute Gasteiger partial charge is 0.246 e. The van der Waals surface area contributed by atoms with Gasteiger partial charge in [0.25, 0.3) is 0 Å². The molecule has 1 saturated heterocycles. The number of rotatable bonds is 13. The zero-order chi connectivity index (χ0) is 62.8. The third-order valence-electron chi connectivity index (χ3n) is 15.0. The van der Waals surface area contributed by atoms with Crippen molar-refractivity contribution in [1.29, 1.82) is 0 Å². The lowest BCUT2D eigenvalue weighted by Crippen LogP contribution is -2.63. The molecule has 5 N–H and O–H groups in total.